The van der Waals surface area contributed by atoms with E-state index in [-0.39, 0.29) is 0 Å². The van der Waals surface area contributed by atoms with Gasteiger partial charge in [-0.05, 0) is 46.3 Å². The number of rotatable bonds is 0. The van der Waals surface area contributed by atoms with E-state index < -0.39 is 0 Å². The van der Waals surface area contributed by atoms with E-state index in [9.17, 15) is 0 Å². The van der Waals surface area contributed by atoms with Gasteiger partial charge in [0.2, 0.25) is 5.88 Å². The molecule has 0 fully saturated rings. The minimum atomic E-state index is 0.649. The van der Waals surface area contributed by atoms with Gasteiger partial charge in [0.15, 0.2) is 0 Å². The molecule has 0 atom stereocenters. The van der Waals surface area contributed by atoms with E-state index in [0.717, 1.165) is 32.4 Å². The van der Waals surface area contributed by atoms with Crippen molar-refractivity contribution in [3.05, 3.63) is 47.2 Å². The van der Waals surface area contributed by atoms with Crippen molar-refractivity contribution < 1.29 is 4.74 Å². The fraction of sp³-hybridized carbons (Fsp3) is 0. The zero-order valence-electron chi connectivity index (χ0n) is 9.22. The van der Waals surface area contributed by atoms with Crippen molar-refractivity contribution in [1.82, 2.24) is 9.97 Å². The molecular formula is C14H7BrN2O. The molecule has 0 bridgehead atoms. The van der Waals surface area contributed by atoms with E-state index in [0.29, 0.717) is 5.88 Å². The molecule has 0 unspecified atom stereocenters. The summed E-state index contributed by atoms with van der Waals surface area (Å²) in [7, 11) is 0. The Kier molecular flexibility index (Phi) is 1.96. The lowest BCUT2D eigenvalue weighted by atomic mass is 10.00. The smallest absolute Gasteiger partial charge is 0.227 e. The Hall–Kier alpha value is -1.94. The van der Waals surface area contributed by atoms with Crippen LogP contribution >= 0.6 is 15.9 Å². The first-order valence-electron chi connectivity index (χ1n) is 5.55. The van der Waals surface area contributed by atoms with E-state index in [1.165, 1.54) is 0 Å². The van der Waals surface area contributed by atoms with Crippen molar-refractivity contribution in [1.29, 1.82) is 0 Å². The quantitative estimate of drug-likeness (QED) is 0.457. The molecule has 1 aliphatic heterocycles. The number of pyridine rings is 2. The summed E-state index contributed by atoms with van der Waals surface area (Å²) < 4.78 is 6.64. The second kappa shape index (κ2) is 3.53. The number of hydrogen-bond donors (Lipinski definition) is 0. The molecule has 3 heterocycles. The Morgan fingerprint density at radius 1 is 1.06 bits per heavy atom. The van der Waals surface area contributed by atoms with Crippen LogP contribution in [0.5, 0.6) is 11.6 Å². The summed E-state index contributed by atoms with van der Waals surface area (Å²) in [5.74, 6) is 1.46. The standard InChI is InChI=1S/C14H7BrN2O/c15-12-7-9-8-3-2-6-16-14(8)18-11-5-1-4-10(17-12)13(9)11/h1-7H. The van der Waals surface area contributed by atoms with E-state index >= 15 is 0 Å². The number of aromatic nitrogens is 2. The third kappa shape index (κ3) is 1.29. The molecule has 4 rings (SSSR count). The van der Waals surface area contributed by atoms with Crippen LogP contribution in [0, 0.1) is 0 Å². The van der Waals surface area contributed by atoms with Gasteiger partial charge in [-0.15, -0.1) is 0 Å². The second-order valence-corrected chi connectivity index (χ2v) is 4.91. The lowest BCUT2D eigenvalue weighted by Gasteiger charge is -2.19. The third-order valence-corrected chi connectivity index (χ3v) is 3.44. The van der Waals surface area contributed by atoms with Crippen LogP contribution in [0.25, 0.3) is 22.0 Å². The summed E-state index contributed by atoms with van der Waals surface area (Å²) in [4.78, 5) is 8.75. The van der Waals surface area contributed by atoms with Crippen LogP contribution < -0.4 is 4.74 Å². The summed E-state index contributed by atoms with van der Waals surface area (Å²) in [5.41, 5.74) is 3.03. The largest absolute Gasteiger partial charge is 0.438 e. The molecule has 3 nitrogen and oxygen atoms in total. The van der Waals surface area contributed by atoms with Gasteiger partial charge >= 0.3 is 0 Å². The summed E-state index contributed by atoms with van der Waals surface area (Å²) in [6.45, 7) is 0. The molecular weight excluding hydrogens is 292 g/mol. The van der Waals surface area contributed by atoms with Gasteiger partial charge in [0.05, 0.1) is 10.9 Å². The van der Waals surface area contributed by atoms with E-state index in [2.05, 4.69) is 25.9 Å². The van der Waals surface area contributed by atoms with Gasteiger partial charge in [-0.2, -0.15) is 0 Å². The Balaban J connectivity index is 2.22. The first-order valence-corrected chi connectivity index (χ1v) is 6.35. The molecule has 1 aliphatic rings. The Morgan fingerprint density at radius 2 is 2.00 bits per heavy atom. The first kappa shape index (κ1) is 10.0. The topological polar surface area (TPSA) is 35.0 Å². The molecule has 0 saturated heterocycles. The zero-order chi connectivity index (χ0) is 12.1. The van der Waals surface area contributed by atoms with Crippen LogP contribution in [0.1, 0.15) is 0 Å². The SMILES string of the molecule is Brc1cc2c3c(cccc3n1)Oc1ncccc1-2. The third-order valence-electron chi connectivity index (χ3n) is 3.03. The van der Waals surface area contributed by atoms with Gasteiger partial charge in [-0.3, -0.25) is 0 Å². The average Bonchev–Trinajstić information content (AvgIpc) is 2.38. The van der Waals surface area contributed by atoms with Crippen molar-refractivity contribution in [2.45, 2.75) is 0 Å². The van der Waals surface area contributed by atoms with Gasteiger partial charge in [-0.25, -0.2) is 9.97 Å². The lowest BCUT2D eigenvalue weighted by molar-refractivity contribution is 0.467. The monoisotopic (exact) mass is 298 g/mol. The Labute approximate surface area is 112 Å². The average molecular weight is 299 g/mol. The summed E-state index contributed by atoms with van der Waals surface area (Å²) in [6, 6.07) is 11.8. The number of fused-ring (bicyclic) bond motifs is 2. The highest BCUT2D eigenvalue weighted by Crippen LogP contribution is 2.45. The molecule has 0 spiro atoms. The molecule has 0 radical (unpaired) electrons. The maximum atomic E-state index is 5.82. The predicted octanol–water partition coefficient (Wildman–Crippen LogP) is 4.17. The minimum Gasteiger partial charge on any atom is -0.438 e. The fourth-order valence-corrected chi connectivity index (χ4v) is 2.72. The van der Waals surface area contributed by atoms with E-state index in [1.54, 1.807) is 6.20 Å². The van der Waals surface area contributed by atoms with Crippen molar-refractivity contribution in [3.63, 3.8) is 0 Å². The van der Waals surface area contributed by atoms with Crippen LogP contribution in [-0.4, -0.2) is 9.97 Å². The van der Waals surface area contributed by atoms with E-state index in [4.69, 9.17) is 4.74 Å². The highest BCUT2D eigenvalue weighted by molar-refractivity contribution is 9.10. The molecule has 86 valence electrons. The maximum Gasteiger partial charge on any atom is 0.227 e. The van der Waals surface area contributed by atoms with Gasteiger partial charge < -0.3 is 4.74 Å². The molecule has 0 N–H and O–H groups in total. The van der Waals surface area contributed by atoms with E-state index in [1.807, 2.05) is 36.4 Å². The molecule has 1 aromatic carbocycles. The number of hydrogen-bond acceptors (Lipinski definition) is 3. The first-order chi connectivity index (χ1) is 8.83. The molecule has 18 heavy (non-hydrogen) atoms. The fourth-order valence-electron chi connectivity index (χ4n) is 2.30. The van der Waals surface area contributed by atoms with Crippen molar-refractivity contribution in [2.24, 2.45) is 0 Å². The highest BCUT2D eigenvalue weighted by atomic mass is 79.9. The van der Waals surface area contributed by atoms with Crippen LogP contribution in [-0.2, 0) is 0 Å². The van der Waals surface area contributed by atoms with Crippen LogP contribution in [0.4, 0.5) is 0 Å². The van der Waals surface area contributed by atoms with Crippen LogP contribution in [0.2, 0.25) is 0 Å². The van der Waals surface area contributed by atoms with Gasteiger partial charge in [0, 0.05) is 17.3 Å². The zero-order valence-corrected chi connectivity index (χ0v) is 10.8. The molecule has 4 heteroatoms. The van der Waals surface area contributed by atoms with Gasteiger partial charge in [-0.1, -0.05) is 6.07 Å². The highest BCUT2D eigenvalue weighted by Gasteiger charge is 2.21. The van der Waals surface area contributed by atoms with Gasteiger partial charge in [0.25, 0.3) is 0 Å². The normalized spacial score (nSPS) is 12.1. The number of halogens is 1. The van der Waals surface area contributed by atoms with Crippen molar-refractivity contribution in [2.75, 3.05) is 0 Å². The number of ether oxygens (including phenoxy) is 1. The van der Waals surface area contributed by atoms with Gasteiger partial charge in [0.1, 0.15) is 10.4 Å². The van der Waals surface area contributed by atoms with Crippen molar-refractivity contribution >= 4 is 26.8 Å². The van der Waals surface area contributed by atoms with Crippen LogP contribution in [0.3, 0.4) is 0 Å². The molecule has 3 aromatic rings. The maximum absolute atomic E-state index is 5.82. The molecule has 2 aromatic heterocycles. The Morgan fingerprint density at radius 3 is 2.94 bits per heavy atom. The predicted molar refractivity (Wildman–Crippen MR) is 72.7 cm³/mol. The summed E-state index contributed by atoms with van der Waals surface area (Å²) in [5, 5.41) is 1.04. The molecule has 0 aliphatic carbocycles. The minimum absolute atomic E-state index is 0.649. The number of benzene rings is 1. The molecule has 0 amide bonds. The Bertz CT molecular complexity index is 786. The molecule has 0 saturated carbocycles. The summed E-state index contributed by atoms with van der Waals surface area (Å²) in [6.07, 6.45) is 1.74. The lowest BCUT2D eigenvalue weighted by Crippen LogP contribution is -1.99. The van der Waals surface area contributed by atoms with Crippen molar-refractivity contribution in [3.8, 4) is 22.8 Å². The van der Waals surface area contributed by atoms with Crippen LogP contribution in [0.15, 0.2) is 47.2 Å². The second-order valence-electron chi connectivity index (χ2n) is 4.10. The summed E-state index contributed by atoms with van der Waals surface area (Å²) >= 11 is 3.45. The number of nitrogens with zero attached hydrogens (tertiary/aromatic N) is 2.